The van der Waals surface area contributed by atoms with E-state index in [2.05, 4.69) is 31.0 Å². The van der Waals surface area contributed by atoms with Crippen LogP contribution in [0.15, 0.2) is 30.5 Å². The van der Waals surface area contributed by atoms with Gasteiger partial charge in [-0.1, -0.05) is 32.9 Å². The average molecular weight is 232 g/mol. The van der Waals surface area contributed by atoms with Crippen molar-refractivity contribution < 1.29 is 4.39 Å². The fourth-order valence-electron chi connectivity index (χ4n) is 1.91. The summed E-state index contributed by atoms with van der Waals surface area (Å²) in [5, 5.41) is 7.09. The molecule has 0 unspecified atom stereocenters. The molecule has 1 aromatic heterocycles. The van der Waals surface area contributed by atoms with Crippen LogP contribution in [0.25, 0.3) is 11.3 Å². The van der Waals surface area contributed by atoms with E-state index in [0.29, 0.717) is 0 Å². The van der Waals surface area contributed by atoms with Crippen LogP contribution >= 0.6 is 0 Å². The van der Waals surface area contributed by atoms with Gasteiger partial charge in [0.1, 0.15) is 5.82 Å². The van der Waals surface area contributed by atoms with E-state index in [-0.39, 0.29) is 11.2 Å². The quantitative estimate of drug-likeness (QED) is 0.838. The SMILES string of the molecule is CC(C)(C)Cc1c[nH]nc1-c1cccc(F)c1. The summed E-state index contributed by atoms with van der Waals surface area (Å²) >= 11 is 0. The zero-order valence-corrected chi connectivity index (χ0v) is 10.4. The fourth-order valence-corrected chi connectivity index (χ4v) is 1.91. The van der Waals surface area contributed by atoms with E-state index in [0.717, 1.165) is 23.2 Å². The summed E-state index contributed by atoms with van der Waals surface area (Å²) in [5.41, 5.74) is 2.99. The van der Waals surface area contributed by atoms with Crippen molar-refractivity contribution in [3.63, 3.8) is 0 Å². The number of nitrogens with one attached hydrogen (secondary N) is 1. The number of nitrogens with zero attached hydrogens (tertiary/aromatic N) is 1. The first-order chi connectivity index (χ1) is 7.96. The van der Waals surface area contributed by atoms with Gasteiger partial charge >= 0.3 is 0 Å². The maximum absolute atomic E-state index is 13.2. The first-order valence-electron chi connectivity index (χ1n) is 5.74. The molecule has 17 heavy (non-hydrogen) atoms. The molecule has 0 aliphatic rings. The third-order valence-electron chi connectivity index (χ3n) is 2.54. The van der Waals surface area contributed by atoms with Gasteiger partial charge in [0.05, 0.1) is 5.69 Å². The lowest BCUT2D eigenvalue weighted by molar-refractivity contribution is 0.412. The molecule has 1 N–H and O–H groups in total. The molecule has 0 saturated heterocycles. The van der Waals surface area contributed by atoms with Gasteiger partial charge in [-0.05, 0) is 29.5 Å². The predicted octanol–water partition coefficient (Wildman–Crippen LogP) is 3.80. The summed E-state index contributed by atoms with van der Waals surface area (Å²) in [6.07, 6.45) is 2.81. The second-order valence-electron chi connectivity index (χ2n) is 5.51. The number of rotatable bonds is 2. The lowest BCUT2D eigenvalue weighted by Gasteiger charge is -2.17. The van der Waals surface area contributed by atoms with Crippen LogP contribution in [-0.2, 0) is 6.42 Å². The molecule has 1 aromatic carbocycles. The summed E-state index contributed by atoms with van der Waals surface area (Å²) in [4.78, 5) is 0. The van der Waals surface area contributed by atoms with Crippen LogP contribution in [0.1, 0.15) is 26.3 Å². The summed E-state index contributed by atoms with van der Waals surface area (Å²) in [6.45, 7) is 6.53. The number of hydrogen-bond donors (Lipinski definition) is 1. The molecule has 0 amide bonds. The van der Waals surface area contributed by atoms with Crippen LogP contribution in [-0.4, -0.2) is 10.2 Å². The minimum Gasteiger partial charge on any atom is -0.285 e. The maximum atomic E-state index is 13.2. The standard InChI is InChI=1S/C14H17FN2/c1-14(2,3)8-11-9-16-17-13(11)10-5-4-6-12(15)7-10/h4-7,9H,8H2,1-3H3,(H,16,17). The van der Waals surface area contributed by atoms with E-state index in [1.165, 1.54) is 12.1 Å². The number of hydrogen-bond acceptors (Lipinski definition) is 1. The molecule has 2 rings (SSSR count). The zero-order valence-electron chi connectivity index (χ0n) is 10.4. The molecule has 90 valence electrons. The highest BCUT2D eigenvalue weighted by Gasteiger charge is 2.16. The topological polar surface area (TPSA) is 28.7 Å². The number of H-pyrrole nitrogens is 1. The number of aromatic amines is 1. The van der Waals surface area contributed by atoms with Gasteiger partial charge in [0.15, 0.2) is 0 Å². The highest BCUT2D eigenvalue weighted by Crippen LogP contribution is 2.27. The van der Waals surface area contributed by atoms with Crippen molar-refractivity contribution in [2.24, 2.45) is 5.41 Å². The van der Waals surface area contributed by atoms with E-state index >= 15 is 0 Å². The molecule has 0 bridgehead atoms. The lowest BCUT2D eigenvalue weighted by atomic mass is 9.87. The molecule has 0 aliphatic heterocycles. The first-order valence-corrected chi connectivity index (χ1v) is 5.74. The zero-order chi connectivity index (χ0) is 12.5. The Kier molecular flexibility index (Phi) is 3.01. The molecule has 0 atom stereocenters. The molecular formula is C14H17FN2. The molecule has 2 nitrogen and oxygen atoms in total. The van der Waals surface area contributed by atoms with Crippen molar-refractivity contribution in [1.82, 2.24) is 10.2 Å². The van der Waals surface area contributed by atoms with Crippen molar-refractivity contribution in [3.8, 4) is 11.3 Å². The van der Waals surface area contributed by atoms with Gasteiger partial charge in [0, 0.05) is 11.8 Å². The van der Waals surface area contributed by atoms with Crippen LogP contribution in [0.2, 0.25) is 0 Å². The Labute approximate surface area is 101 Å². The minimum absolute atomic E-state index is 0.186. The molecule has 0 aliphatic carbocycles. The largest absolute Gasteiger partial charge is 0.285 e. The molecule has 1 heterocycles. The van der Waals surface area contributed by atoms with Gasteiger partial charge in [-0.25, -0.2) is 4.39 Å². The van der Waals surface area contributed by atoms with Crippen LogP contribution in [0.3, 0.4) is 0 Å². The van der Waals surface area contributed by atoms with E-state index in [1.807, 2.05) is 12.3 Å². The second kappa shape index (κ2) is 4.32. The number of halogens is 1. The number of aromatic nitrogens is 2. The van der Waals surface area contributed by atoms with Gasteiger partial charge in [-0.3, -0.25) is 5.10 Å². The smallest absolute Gasteiger partial charge is 0.123 e. The maximum Gasteiger partial charge on any atom is 0.123 e. The summed E-state index contributed by atoms with van der Waals surface area (Å²) < 4.78 is 13.2. The monoisotopic (exact) mass is 232 g/mol. The third-order valence-corrected chi connectivity index (χ3v) is 2.54. The lowest BCUT2D eigenvalue weighted by Crippen LogP contribution is -2.09. The molecular weight excluding hydrogens is 215 g/mol. The Bertz CT molecular complexity index is 509. The van der Waals surface area contributed by atoms with Crippen LogP contribution < -0.4 is 0 Å². The second-order valence-corrected chi connectivity index (χ2v) is 5.51. The molecule has 0 fully saturated rings. The predicted molar refractivity (Wildman–Crippen MR) is 67.1 cm³/mol. The Hall–Kier alpha value is -1.64. The Morgan fingerprint density at radius 2 is 2.06 bits per heavy atom. The van der Waals surface area contributed by atoms with Gasteiger partial charge in [-0.15, -0.1) is 0 Å². The van der Waals surface area contributed by atoms with Crippen LogP contribution in [0.4, 0.5) is 4.39 Å². The van der Waals surface area contributed by atoms with Crippen LogP contribution in [0.5, 0.6) is 0 Å². The summed E-state index contributed by atoms with van der Waals surface area (Å²) in [6, 6.07) is 6.55. The molecule has 0 spiro atoms. The van der Waals surface area contributed by atoms with Crippen molar-refractivity contribution in [1.29, 1.82) is 0 Å². The summed E-state index contributed by atoms with van der Waals surface area (Å²) in [7, 11) is 0. The third kappa shape index (κ3) is 2.93. The van der Waals surface area contributed by atoms with Crippen molar-refractivity contribution in [2.45, 2.75) is 27.2 Å². The van der Waals surface area contributed by atoms with Gasteiger partial charge in [0.25, 0.3) is 0 Å². The van der Waals surface area contributed by atoms with Gasteiger partial charge in [-0.2, -0.15) is 5.10 Å². The Morgan fingerprint density at radius 1 is 1.29 bits per heavy atom. The highest BCUT2D eigenvalue weighted by atomic mass is 19.1. The fraction of sp³-hybridized carbons (Fsp3) is 0.357. The van der Waals surface area contributed by atoms with Crippen molar-refractivity contribution in [3.05, 3.63) is 41.8 Å². The highest BCUT2D eigenvalue weighted by molar-refractivity contribution is 5.62. The van der Waals surface area contributed by atoms with Crippen molar-refractivity contribution in [2.75, 3.05) is 0 Å². The molecule has 2 aromatic rings. The van der Waals surface area contributed by atoms with E-state index in [4.69, 9.17) is 0 Å². The van der Waals surface area contributed by atoms with E-state index in [1.54, 1.807) is 6.07 Å². The number of benzene rings is 1. The Balaban J connectivity index is 2.37. The van der Waals surface area contributed by atoms with E-state index in [9.17, 15) is 4.39 Å². The van der Waals surface area contributed by atoms with Gasteiger partial charge < -0.3 is 0 Å². The minimum atomic E-state index is -0.229. The van der Waals surface area contributed by atoms with Crippen LogP contribution in [0, 0.1) is 11.2 Å². The molecule has 3 heteroatoms. The van der Waals surface area contributed by atoms with E-state index < -0.39 is 0 Å². The Morgan fingerprint density at radius 3 is 2.71 bits per heavy atom. The van der Waals surface area contributed by atoms with Gasteiger partial charge in [0.2, 0.25) is 0 Å². The first kappa shape index (κ1) is 11.8. The van der Waals surface area contributed by atoms with Crippen molar-refractivity contribution >= 4 is 0 Å². The normalized spacial score (nSPS) is 11.8. The average Bonchev–Trinajstić information content (AvgIpc) is 2.63. The summed E-state index contributed by atoms with van der Waals surface area (Å²) in [5.74, 6) is -0.229. The molecule has 0 radical (unpaired) electrons. The molecule has 0 saturated carbocycles.